The Bertz CT molecular complexity index is 74.9. The van der Waals surface area contributed by atoms with Crippen LogP contribution in [0.25, 0.3) is 0 Å². The summed E-state index contributed by atoms with van der Waals surface area (Å²) in [6, 6.07) is 0.370. The minimum absolute atomic E-state index is 0.0833. The molecular formula is C6H13NO. The number of hydrogen-bond acceptors (Lipinski definition) is 2. The molecule has 1 aliphatic rings. The molecule has 0 amide bonds. The van der Waals surface area contributed by atoms with Gasteiger partial charge in [0.05, 0.1) is 6.10 Å². The average molecular weight is 115 g/mol. The summed E-state index contributed by atoms with van der Waals surface area (Å²) in [5, 5.41) is 12.3. The molecular weight excluding hydrogens is 102 g/mol. The number of aliphatic hydroxyl groups excluding tert-OH is 1. The van der Waals surface area contributed by atoms with E-state index in [1.807, 2.05) is 0 Å². The molecule has 0 unspecified atom stereocenters. The van der Waals surface area contributed by atoms with E-state index >= 15 is 0 Å². The fraction of sp³-hybridized carbons (Fsp3) is 1.00. The Morgan fingerprint density at radius 3 is 2.75 bits per heavy atom. The topological polar surface area (TPSA) is 32.3 Å². The summed E-state index contributed by atoms with van der Waals surface area (Å²) in [5.41, 5.74) is 0. The van der Waals surface area contributed by atoms with Gasteiger partial charge in [-0.2, -0.15) is 0 Å². The molecule has 0 radical (unpaired) electrons. The van der Waals surface area contributed by atoms with E-state index in [2.05, 4.69) is 12.2 Å². The third-order valence-corrected chi connectivity index (χ3v) is 1.75. The van der Waals surface area contributed by atoms with E-state index in [9.17, 15) is 0 Å². The first-order valence-corrected chi connectivity index (χ1v) is 3.26. The summed E-state index contributed by atoms with van der Waals surface area (Å²) in [4.78, 5) is 0. The van der Waals surface area contributed by atoms with Crippen molar-refractivity contribution in [3.8, 4) is 0 Å². The van der Waals surface area contributed by atoms with Crippen LogP contribution in [0.5, 0.6) is 0 Å². The van der Waals surface area contributed by atoms with Gasteiger partial charge in [0.2, 0.25) is 0 Å². The summed E-state index contributed by atoms with van der Waals surface area (Å²) in [7, 11) is 0. The van der Waals surface area contributed by atoms with E-state index in [4.69, 9.17) is 5.11 Å². The Labute approximate surface area is 49.9 Å². The lowest BCUT2D eigenvalue weighted by Gasteiger charge is -2.09. The first-order chi connectivity index (χ1) is 3.84. The van der Waals surface area contributed by atoms with Crippen molar-refractivity contribution in [2.75, 3.05) is 6.54 Å². The van der Waals surface area contributed by atoms with Gasteiger partial charge in [-0.25, -0.2) is 0 Å². The van der Waals surface area contributed by atoms with Gasteiger partial charge in [-0.05, 0) is 19.4 Å². The highest BCUT2D eigenvalue weighted by molar-refractivity contribution is 4.81. The lowest BCUT2D eigenvalue weighted by molar-refractivity contribution is 0.157. The van der Waals surface area contributed by atoms with Crippen LogP contribution in [0.15, 0.2) is 0 Å². The van der Waals surface area contributed by atoms with Crippen LogP contribution in [0.4, 0.5) is 0 Å². The predicted molar refractivity (Wildman–Crippen MR) is 32.7 cm³/mol. The minimum Gasteiger partial charge on any atom is -0.391 e. The molecule has 2 nitrogen and oxygen atoms in total. The van der Waals surface area contributed by atoms with Gasteiger partial charge in [-0.15, -0.1) is 0 Å². The molecule has 0 saturated carbocycles. The fourth-order valence-corrected chi connectivity index (χ4v) is 1.17. The third-order valence-electron chi connectivity index (χ3n) is 1.75. The van der Waals surface area contributed by atoms with Crippen molar-refractivity contribution in [1.82, 2.24) is 5.32 Å². The zero-order chi connectivity index (χ0) is 5.98. The van der Waals surface area contributed by atoms with E-state index < -0.39 is 0 Å². The Morgan fingerprint density at radius 2 is 2.50 bits per heavy atom. The van der Waals surface area contributed by atoms with E-state index in [0.29, 0.717) is 6.04 Å². The van der Waals surface area contributed by atoms with Gasteiger partial charge in [0, 0.05) is 6.04 Å². The van der Waals surface area contributed by atoms with E-state index in [-0.39, 0.29) is 6.10 Å². The van der Waals surface area contributed by atoms with Crippen molar-refractivity contribution < 1.29 is 5.11 Å². The SMILES string of the molecule is CC[C@@H]1NCC[C@H]1O. The molecule has 2 atom stereocenters. The fourth-order valence-electron chi connectivity index (χ4n) is 1.17. The van der Waals surface area contributed by atoms with Gasteiger partial charge in [0.25, 0.3) is 0 Å². The molecule has 0 aromatic rings. The van der Waals surface area contributed by atoms with Crippen molar-refractivity contribution in [3.63, 3.8) is 0 Å². The Hall–Kier alpha value is -0.0800. The van der Waals surface area contributed by atoms with Gasteiger partial charge in [0.15, 0.2) is 0 Å². The van der Waals surface area contributed by atoms with Gasteiger partial charge in [0.1, 0.15) is 0 Å². The maximum atomic E-state index is 9.13. The van der Waals surface area contributed by atoms with Crippen LogP contribution in [0.3, 0.4) is 0 Å². The molecule has 1 fully saturated rings. The quantitative estimate of drug-likeness (QED) is 0.508. The van der Waals surface area contributed by atoms with Gasteiger partial charge in [-0.3, -0.25) is 0 Å². The summed E-state index contributed by atoms with van der Waals surface area (Å²) in [6.45, 7) is 3.08. The van der Waals surface area contributed by atoms with Crippen LogP contribution < -0.4 is 5.32 Å². The molecule has 0 aromatic heterocycles. The Kier molecular flexibility index (Phi) is 1.86. The second kappa shape index (κ2) is 2.46. The van der Waals surface area contributed by atoms with Crippen LogP contribution in [0.1, 0.15) is 19.8 Å². The predicted octanol–water partition coefficient (Wildman–Crippen LogP) is 0.119. The highest BCUT2D eigenvalue weighted by Crippen LogP contribution is 2.08. The van der Waals surface area contributed by atoms with Crippen molar-refractivity contribution in [2.45, 2.75) is 31.9 Å². The number of nitrogens with one attached hydrogen (secondary N) is 1. The number of rotatable bonds is 1. The molecule has 1 rings (SSSR count). The molecule has 0 aliphatic carbocycles. The van der Waals surface area contributed by atoms with Crippen molar-refractivity contribution in [1.29, 1.82) is 0 Å². The van der Waals surface area contributed by atoms with Gasteiger partial charge >= 0.3 is 0 Å². The normalized spacial score (nSPS) is 38.2. The van der Waals surface area contributed by atoms with E-state index in [1.54, 1.807) is 0 Å². The van der Waals surface area contributed by atoms with E-state index in [1.165, 1.54) is 0 Å². The van der Waals surface area contributed by atoms with Crippen molar-refractivity contribution in [3.05, 3.63) is 0 Å². The molecule has 1 heterocycles. The second-order valence-electron chi connectivity index (χ2n) is 2.32. The lowest BCUT2D eigenvalue weighted by Crippen LogP contribution is -2.28. The first kappa shape index (κ1) is 6.05. The molecule has 0 bridgehead atoms. The zero-order valence-electron chi connectivity index (χ0n) is 5.22. The van der Waals surface area contributed by atoms with Crippen LogP contribution in [-0.2, 0) is 0 Å². The second-order valence-corrected chi connectivity index (χ2v) is 2.32. The van der Waals surface area contributed by atoms with Crippen molar-refractivity contribution >= 4 is 0 Å². The molecule has 1 saturated heterocycles. The van der Waals surface area contributed by atoms with Gasteiger partial charge in [-0.1, -0.05) is 6.92 Å². The van der Waals surface area contributed by atoms with Crippen molar-refractivity contribution in [2.24, 2.45) is 0 Å². The molecule has 0 spiro atoms. The number of aliphatic hydroxyl groups is 1. The summed E-state index contributed by atoms with van der Waals surface area (Å²) < 4.78 is 0. The minimum atomic E-state index is -0.0833. The number of hydrogen-bond donors (Lipinski definition) is 2. The maximum absolute atomic E-state index is 9.13. The highest BCUT2D eigenvalue weighted by Gasteiger charge is 2.21. The molecule has 8 heavy (non-hydrogen) atoms. The standard InChI is InChI=1S/C6H13NO/c1-2-5-6(8)3-4-7-5/h5-8H,2-4H2,1H3/t5-,6+/m0/s1. The van der Waals surface area contributed by atoms with Crippen LogP contribution in [-0.4, -0.2) is 23.8 Å². The summed E-state index contributed by atoms with van der Waals surface area (Å²) >= 11 is 0. The molecule has 0 aromatic carbocycles. The molecule has 48 valence electrons. The molecule has 2 heteroatoms. The zero-order valence-corrected chi connectivity index (χ0v) is 5.22. The van der Waals surface area contributed by atoms with Crippen LogP contribution >= 0.6 is 0 Å². The molecule has 2 N–H and O–H groups in total. The monoisotopic (exact) mass is 115 g/mol. The first-order valence-electron chi connectivity index (χ1n) is 3.26. The Balaban J connectivity index is 2.30. The van der Waals surface area contributed by atoms with Crippen LogP contribution in [0, 0.1) is 0 Å². The van der Waals surface area contributed by atoms with Crippen LogP contribution in [0.2, 0.25) is 0 Å². The largest absolute Gasteiger partial charge is 0.391 e. The third kappa shape index (κ3) is 1.01. The summed E-state index contributed by atoms with van der Waals surface area (Å²) in [5.74, 6) is 0. The lowest BCUT2D eigenvalue weighted by atomic mass is 10.1. The van der Waals surface area contributed by atoms with Gasteiger partial charge < -0.3 is 10.4 Å². The smallest absolute Gasteiger partial charge is 0.0705 e. The maximum Gasteiger partial charge on any atom is 0.0705 e. The molecule has 1 aliphatic heterocycles. The average Bonchev–Trinajstić information content (AvgIpc) is 2.14. The highest BCUT2D eigenvalue weighted by atomic mass is 16.3. The Morgan fingerprint density at radius 1 is 1.75 bits per heavy atom. The van der Waals surface area contributed by atoms with E-state index in [0.717, 1.165) is 19.4 Å². The summed E-state index contributed by atoms with van der Waals surface area (Å²) in [6.07, 6.45) is 1.89.